The van der Waals surface area contributed by atoms with Crippen molar-refractivity contribution >= 4 is 22.4 Å². The minimum absolute atomic E-state index is 0.0772. The van der Waals surface area contributed by atoms with E-state index in [1.54, 1.807) is 19.4 Å². The third kappa shape index (κ3) is 5.84. The average Bonchev–Trinajstić information content (AvgIpc) is 3.62. The van der Waals surface area contributed by atoms with E-state index in [0.29, 0.717) is 11.3 Å². The number of benzene rings is 2. The van der Waals surface area contributed by atoms with Crippen LogP contribution in [0.3, 0.4) is 0 Å². The van der Waals surface area contributed by atoms with Gasteiger partial charge in [0.1, 0.15) is 5.75 Å². The first-order valence-corrected chi connectivity index (χ1v) is 12.0. The van der Waals surface area contributed by atoms with E-state index in [1.165, 1.54) is 12.8 Å². The first-order chi connectivity index (χ1) is 16.3. The third-order valence-electron chi connectivity index (χ3n) is 6.30. The number of ether oxygens (including phenoxy) is 1. The van der Waals surface area contributed by atoms with Gasteiger partial charge in [0, 0.05) is 17.1 Å². The summed E-state index contributed by atoms with van der Waals surface area (Å²) in [6, 6.07) is 13.8. The van der Waals surface area contributed by atoms with Crippen LogP contribution in [0.1, 0.15) is 66.6 Å². The number of hydrogen-bond donors (Lipinski definition) is 2. The lowest BCUT2D eigenvalue weighted by molar-refractivity contribution is 0.0930. The number of rotatable bonds is 8. The van der Waals surface area contributed by atoms with Crippen molar-refractivity contribution in [3.8, 4) is 5.75 Å². The lowest BCUT2D eigenvalue weighted by Crippen LogP contribution is -2.35. The molecule has 1 amide bonds. The van der Waals surface area contributed by atoms with Crippen molar-refractivity contribution in [2.75, 3.05) is 20.7 Å². The Kier molecular flexibility index (Phi) is 8.46. The molecule has 0 unspecified atom stereocenters. The minimum Gasteiger partial charge on any atom is -0.497 e. The van der Waals surface area contributed by atoms with Gasteiger partial charge in [0.2, 0.25) is 0 Å². The molecule has 34 heavy (non-hydrogen) atoms. The zero-order valence-electron chi connectivity index (χ0n) is 21.1. The fourth-order valence-electron chi connectivity index (χ4n) is 4.02. The number of unbranched alkanes of at least 4 members (excludes halogenated alkanes) is 1. The highest BCUT2D eigenvalue weighted by atomic mass is 16.5. The molecule has 1 fully saturated rings. The van der Waals surface area contributed by atoms with Gasteiger partial charge in [-0.3, -0.25) is 9.78 Å². The molecule has 0 saturated heterocycles. The van der Waals surface area contributed by atoms with E-state index < -0.39 is 0 Å². The van der Waals surface area contributed by atoms with Gasteiger partial charge in [-0.1, -0.05) is 37.6 Å². The Bertz CT molecular complexity index is 1160. The molecule has 5 nitrogen and oxygen atoms in total. The summed E-state index contributed by atoms with van der Waals surface area (Å²) in [6.07, 6.45) is 6.21. The van der Waals surface area contributed by atoms with Gasteiger partial charge in [-0.05, 0) is 93.7 Å². The van der Waals surface area contributed by atoms with Gasteiger partial charge >= 0.3 is 0 Å². The molecule has 0 aliphatic heterocycles. The van der Waals surface area contributed by atoms with Gasteiger partial charge in [-0.15, -0.1) is 0 Å². The van der Waals surface area contributed by atoms with Gasteiger partial charge in [-0.25, -0.2) is 0 Å². The Morgan fingerprint density at radius 3 is 2.56 bits per heavy atom. The molecule has 0 bridgehead atoms. The molecule has 0 radical (unpaired) electrons. The molecular weight excluding hydrogens is 422 g/mol. The molecule has 2 N–H and O–H groups in total. The van der Waals surface area contributed by atoms with E-state index in [1.807, 2.05) is 39.1 Å². The molecule has 1 saturated carbocycles. The van der Waals surface area contributed by atoms with E-state index in [-0.39, 0.29) is 11.4 Å². The number of carbonyl (C=O) groups excluding carboxylic acids is 1. The van der Waals surface area contributed by atoms with Crippen LogP contribution in [-0.4, -0.2) is 31.6 Å². The Morgan fingerprint density at radius 1 is 1.21 bits per heavy atom. The molecule has 4 rings (SSSR count). The summed E-state index contributed by atoms with van der Waals surface area (Å²) in [6.45, 7) is 11.4. The molecule has 0 spiro atoms. The number of nitrogens with zero attached hydrogens (tertiary/aromatic N) is 1. The van der Waals surface area contributed by atoms with Crippen molar-refractivity contribution in [2.45, 2.75) is 52.0 Å². The Hall–Kier alpha value is -3.18. The molecule has 180 valence electrons. The topological polar surface area (TPSA) is 63.2 Å². The van der Waals surface area contributed by atoms with Gasteiger partial charge < -0.3 is 15.4 Å². The van der Waals surface area contributed by atoms with Crippen LogP contribution in [0.2, 0.25) is 0 Å². The van der Waals surface area contributed by atoms with Crippen LogP contribution in [0.25, 0.3) is 16.5 Å². The number of aromatic nitrogens is 1. The van der Waals surface area contributed by atoms with E-state index in [0.717, 1.165) is 52.6 Å². The van der Waals surface area contributed by atoms with Crippen LogP contribution in [-0.2, 0) is 5.54 Å². The summed E-state index contributed by atoms with van der Waals surface area (Å²) in [7, 11) is 3.59. The smallest absolute Gasteiger partial charge is 0.252 e. The van der Waals surface area contributed by atoms with Gasteiger partial charge in [0.15, 0.2) is 0 Å². The number of fused-ring (bicyclic) bond motifs is 1. The lowest BCUT2D eigenvalue weighted by Gasteiger charge is -2.22. The van der Waals surface area contributed by atoms with Gasteiger partial charge in [-0.2, -0.15) is 0 Å². The SMILES string of the molecule is C=C(C)c1cc(C2(NC(=O)c3cc(OC)ccc3C)CC2)c2cccnc2c1.CCCCNC. The van der Waals surface area contributed by atoms with Crippen molar-refractivity contribution in [1.29, 1.82) is 0 Å². The third-order valence-corrected chi connectivity index (χ3v) is 6.30. The fourth-order valence-corrected chi connectivity index (χ4v) is 4.02. The highest BCUT2D eigenvalue weighted by Crippen LogP contribution is 2.48. The predicted molar refractivity (Wildman–Crippen MR) is 141 cm³/mol. The van der Waals surface area contributed by atoms with E-state index in [9.17, 15) is 4.79 Å². The van der Waals surface area contributed by atoms with E-state index >= 15 is 0 Å². The molecular formula is C29H37N3O2. The van der Waals surface area contributed by atoms with Gasteiger partial charge in [0.05, 0.1) is 18.2 Å². The summed E-state index contributed by atoms with van der Waals surface area (Å²) < 4.78 is 5.29. The molecule has 2 aromatic carbocycles. The minimum atomic E-state index is -0.362. The molecule has 0 atom stereocenters. The Morgan fingerprint density at radius 2 is 1.97 bits per heavy atom. The normalized spacial score (nSPS) is 13.6. The van der Waals surface area contributed by atoms with E-state index in [2.05, 4.69) is 47.3 Å². The van der Waals surface area contributed by atoms with Crippen molar-refractivity contribution in [2.24, 2.45) is 0 Å². The zero-order chi connectivity index (χ0) is 24.7. The quantitative estimate of drug-likeness (QED) is 0.405. The Labute approximate surface area is 203 Å². The first kappa shape index (κ1) is 25.4. The summed E-state index contributed by atoms with van der Waals surface area (Å²) in [5.41, 5.74) is 5.29. The summed E-state index contributed by atoms with van der Waals surface area (Å²) >= 11 is 0. The molecule has 3 aromatic rings. The second-order valence-electron chi connectivity index (χ2n) is 9.05. The summed E-state index contributed by atoms with van der Waals surface area (Å²) in [4.78, 5) is 17.6. The summed E-state index contributed by atoms with van der Waals surface area (Å²) in [5, 5.41) is 7.44. The monoisotopic (exact) mass is 459 g/mol. The van der Waals surface area contributed by atoms with Crippen LogP contribution in [0.5, 0.6) is 5.75 Å². The second-order valence-corrected chi connectivity index (χ2v) is 9.05. The van der Waals surface area contributed by atoms with Crippen LogP contribution in [0.4, 0.5) is 0 Å². The average molecular weight is 460 g/mol. The highest BCUT2D eigenvalue weighted by Gasteiger charge is 2.47. The predicted octanol–water partition coefficient (Wildman–Crippen LogP) is 6.01. The van der Waals surface area contributed by atoms with Crippen molar-refractivity contribution in [3.63, 3.8) is 0 Å². The van der Waals surface area contributed by atoms with Crippen molar-refractivity contribution < 1.29 is 9.53 Å². The van der Waals surface area contributed by atoms with Crippen LogP contribution in [0, 0.1) is 6.92 Å². The highest BCUT2D eigenvalue weighted by molar-refractivity contribution is 5.97. The molecule has 1 aliphatic carbocycles. The van der Waals surface area contributed by atoms with E-state index in [4.69, 9.17) is 4.74 Å². The first-order valence-electron chi connectivity index (χ1n) is 12.0. The maximum absolute atomic E-state index is 13.1. The standard InChI is InChI=1S/C24H24N2O2.C5H13N/c1-15(2)17-12-21(19-6-5-11-25-22(19)13-17)24(9-10-24)26-23(27)20-14-18(28-4)8-7-16(20)3;1-3-4-5-6-2/h5-8,11-14H,1,9-10H2,2-4H3,(H,26,27);6H,3-5H2,1-2H3. The lowest BCUT2D eigenvalue weighted by atomic mass is 9.94. The zero-order valence-corrected chi connectivity index (χ0v) is 21.1. The van der Waals surface area contributed by atoms with Crippen molar-refractivity contribution in [1.82, 2.24) is 15.6 Å². The number of amides is 1. The van der Waals surface area contributed by atoms with Gasteiger partial charge in [0.25, 0.3) is 5.91 Å². The maximum atomic E-state index is 13.1. The number of nitrogens with one attached hydrogen (secondary N) is 2. The van der Waals surface area contributed by atoms with Crippen LogP contribution in [0.15, 0.2) is 55.2 Å². The second kappa shape index (κ2) is 11.3. The fraction of sp³-hybridized carbons (Fsp3) is 0.379. The van der Waals surface area contributed by atoms with Crippen molar-refractivity contribution in [3.05, 3.63) is 77.5 Å². The largest absolute Gasteiger partial charge is 0.497 e. The number of hydrogen-bond acceptors (Lipinski definition) is 4. The summed E-state index contributed by atoms with van der Waals surface area (Å²) in [5.74, 6) is 0.603. The van der Waals surface area contributed by atoms with Crippen LogP contribution >= 0.6 is 0 Å². The number of pyridine rings is 1. The molecule has 1 aromatic heterocycles. The molecule has 1 aliphatic rings. The number of allylic oxidation sites excluding steroid dienone is 1. The Balaban J connectivity index is 0.000000481. The number of carbonyl (C=O) groups is 1. The number of methoxy groups -OCH3 is 1. The number of aryl methyl sites for hydroxylation is 1. The maximum Gasteiger partial charge on any atom is 0.252 e. The molecule has 5 heteroatoms. The molecule has 1 heterocycles. The van der Waals surface area contributed by atoms with Crippen LogP contribution < -0.4 is 15.4 Å².